The van der Waals surface area contributed by atoms with Gasteiger partial charge in [0, 0.05) is 29.0 Å². The van der Waals surface area contributed by atoms with Crippen molar-refractivity contribution in [3.05, 3.63) is 46.4 Å². The smallest absolute Gasteiger partial charge is 0.141 e. The maximum absolute atomic E-state index is 6.17. The number of anilines is 1. The van der Waals surface area contributed by atoms with Gasteiger partial charge in [0.25, 0.3) is 0 Å². The molecule has 0 radical (unpaired) electrons. The molecular formula is C14H14ClN3S2. The average Bonchev–Trinajstić information content (AvgIpc) is 2.94. The van der Waals surface area contributed by atoms with Gasteiger partial charge in [-0.15, -0.1) is 11.8 Å². The van der Waals surface area contributed by atoms with Crippen molar-refractivity contribution in [2.24, 2.45) is 0 Å². The van der Waals surface area contributed by atoms with Crippen LogP contribution in [0.4, 0.5) is 5.82 Å². The lowest BCUT2D eigenvalue weighted by Gasteiger charge is -2.09. The van der Waals surface area contributed by atoms with E-state index in [0.29, 0.717) is 0 Å². The highest BCUT2D eigenvalue weighted by Gasteiger charge is 2.19. The largest absolute Gasteiger partial charge is 0.373 e. The van der Waals surface area contributed by atoms with Crippen LogP contribution in [0.25, 0.3) is 0 Å². The Balaban J connectivity index is 1.80. The van der Waals surface area contributed by atoms with Crippen molar-refractivity contribution in [1.29, 1.82) is 0 Å². The van der Waals surface area contributed by atoms with E-state index in [9.17, 15) is 0 Å². The van der Waals surface area contributed by atoms with Crippen LogP contribution in [0, 0.1) is 0 Å². The summed E-state index contributed by atoms with van der Waals surface area (Å²) < 4.78 is 0. The maximum Gasteiger partial charge on any atom is 0.141 e. The van der Waals surface area contributed by atoms with Crippen molar-refractivity contribution < 1.29 is 0 Å². The molecule has 1 aromatic heterocycles. The average molecular weight is 324 g/mol. The Kier molecular flexibility index (Phi) is 4.38. The molecule has 20 heavy (non-hydrogen) atoms. The molecule has 0 unspecified atom stereocenters. The highest BCUT2D eigenvalue weighted by molar-refractivity contribution is 7.98. The molecule has 0 amide bonds. The summed E-state index contributed by atoms with van der Waals surface area (Å²) in [6, 6.07) is 7.86. The first-order chi connectivity index (χ1) is 9.78. The van der Waals surface area contributed by atoms with Gasteiger partial charge in [-0.05, 0) is 12.1 Å². The van der Waals surface area contributed by atoms with Gasteiger partial charge >= 0.3 is 0 Å². The standard InChI is InChI=1S/C14H14ClN3S2/c1-16-14-9-6-19-7-11(9)17-13(18-14)8-20-12-5-3-2-4-10(12)15/h2-5H,6-8H2,1H3,(H,16,17,18). The normalized spacial score (nSPS) is 13.3. The number of nitrogens with zero attached hydrogens (tertiary/aromatic N) is 2. The Morgan fingerprint density at radius 2 is 2.15 bits per heavy atom. The Labute approximate surface area is 131 Å². The summed E-state index contributed by atoms with van der Waals surface area (Å²) >= 11 is 9.73. The lowest BCUT2D eigenvalue weighted by Crippen LogP contribution is -2.05. The second-order valence-electron chi connectivity index (χ2n) is 4.38. The van der Waals surface area contributed by atoms with Gasteiger partial charge < -0.3 is 5.32 Å². The molecule has 6 heteroatoms. The lowest BCUT2D eigenvalue weighted by molar-refractivity contribution is 0.975. The van der Waals surface area contributed by atoms with E-state index in [0.717, 1.165) is 38.8 Å². The topological polar surface area (TPSA) is 37.8 Å². The summed E-state index contributed by atoms with van der Waals surface area (Å²) in [6.45, 7) is 0. The minimum absolute atomic E-state index is 0.732. The highest BCUT2D eigenvalue weighted by atomic mass is 35.5. The van der Waals surface area contributed by atoms with Gasteiger partial charge in [0.15, 0.2) is 0 Å². The number of aromatic nitrogens is 2. The summed E-state index contributed by atoms with van der Waals surface area (Å²) in [4.78, 5) is 10.3. The fraction of sp³-hybridized carbons (Fsp3) is 0.286. The number of thioether (sulfide) groups is 2. The van der Waals surface area contributed by atoms with Gasteiger partial charge in [-0.25, -0.2) is 9.97 Å². The van der Waals surface area contributed by atoms with E-state index in [1.165, 1.54) is 11.3 Å². The first kappa shape index (κ1) is 14.0. The number of benzene rings is 1. The van der Waals surface area contributed by atoms with Crippen LogP contribution in [-0.4, -0.2) is 17.0 Å². The molecule has 2 aromatic rings. The molecule has 0 saturated heterocycles. The van der Waals surface area contributed by atoms with E-state index in [4.69, 9.17) is 11.6 Å². The quantitative estimate of drug-likeness (QED) is 0.853. The predicted molar refractivity (Wildman–Crippen MR) is 87.6 cm³/mol. The van der Waals surface area contributed by atoms with Crippen molar-refractivity contribution in [3.8, 4) is 0 Å². The zero-order valence-electron chi connectivity index (χ0n) is 11.0. The Morgan fingerprint density at radius 3 is 2.95 bits per heavy atom. The first-order valence-electron chi connectivity index (χ1n) is 6.29. The molecular weight excluding hydrogens is 310 g/mol. The van der Waals surface area contributed by atoms with Crippen LogP contribution >= 0.6 is 35.1 Å². The lowest BCUT2D eigenvalue weighted by atomic mass is 10.2. The number of fused-ring (bicyclic) bond motifs is 1. The Bertz CT molecular complexity index is 634. The van der Waals surface area contributed by atoms with Crippen molar-refractivity contribution in [3.63, 3.8) is 0 Å². The first-order valence-corrected chi connectivity index (χ1v) is 8.81. The Morgan fingerprint density at radius 1 is 1.30 bits per heavy atom. The highest BCUT2D eigenvalue weighted by Crippen LogP contribution is 2.34. The van der Waals surface area contributed by atoms with E-state index in [-0.39, 0.29) is 0 Å². The number of halogens is 1. The van der Waals surface area contributed by atoms with E-state index >= 15 is 0 Å². The minimum Gasteiger partial charge on any atom is -0.373 e. The predicted octanol–water partition coefficient (Wildman–Crippen LogP) is 4.21. The van der Waals surface area contributed by atoms with E-state index in [1.54, 1.807) is 11.8 Å². The SMILES string of the molecule is CNc1nc(CSc2ccccc2Cl)nc2c1CSC2. The number of hydrogen-bond acceptors (Lipinski definition) is 5. The minimum atomic E-state index is 0.732. The molecule has 0 spiro atoms. The molecule has 1 aromatic carbocycles. The zero-order valence-corrected chi connectivity index (χ0v) is 13.4. The molecule has 3 rings (SSSR count). The van der Waals surface area contributed by atoms with Crippen LogP contribution in [0.1, 0.15) is 17.1 Å². The Hall–Kier alpha value is -0.910. The van der Waals surface area contributed by atoms with Crippen molar-refractivity contribution >= 4 is 40.9 Å². The third kappa shape index (κ3) is 2.90. The number of nitrogens with one attached hydrogen (secondary N) is 1. The van der Waals surface area contributed by atoms with Gasteiger partial charge in [0.05, 0.1) is 16.5 Å². The zero-order chi connectivity index (χ0) is 13.9. The third-order valence-electron chi connectivity index (χ3n) is 3.05. The molecule has 1 aliphatic heterocycles. The second-order valence-corrected chi connectivity index (χ2v) is 6.79. The van der Waals surface area contributed by atoms with Gasteiger partial charge in [-0.2, -0.15) is 11.8 Å². The number of hydrogen-bond donors (Lipinski definition) is 1. The molecule has 0 atom stereocenters. The number of rotatable bonds is 4. The van der Waals surface area contributed by atoms with Gasteiger partial charge in [-0.3, -0.25) is 0 Å². The van der Waals surface area contributed by atoms with Crippen molar-refractivity contribution in [2.45, 2.75) is 22.2 Å². The summed E-state index contributed by atoms with van der Waals surface area (Å²) in [5.74, 6) is 4.55. The third-order valence-corrected chi connectivity index (χ3v) is 5.54. The van der Waals surface area contributed by atoms with Crippen LogP contribution in [-0.2, 0) is 17.3 Å². The van der Waals surface area contributed by atoms with E-state index in [2.05, 4.69) is 15.3 Å². The van der Waals surface area contributed by atoms with Gasteiger partial charge in [-0.1, -0.05) is 23.7 Å². The van der Waals surface area contributed by atoms with E-state index < -0.39 is 0 Å². The molecule has 1 N–H and O–H groups in total. The summed E-state index contributed by atoms with van der Waals surface area (Å²) in [7, 11) is 1.91. The van der Waals surface area contributed by atoms with Crippen LogP contribution in [0.5, 0.6) is 0 Å². The van der Waals surface area contributed by atoms with Crippen LogP contribution in [0.3, 0.4) is 0 Å². The van der Waals surface area contributed by atoms with Crippen molar-refractivity contribution in [2.75, 3.05) is 12.4 Å². The summed E-state index contributed by atoms with van der Waals surface area (Å²) in [5.41, 5.74) is 2.42. The molecule has 1 aliphatic rings. The molecule has 0 aliphatic carbocycles. The summed E-state index contributed by atoms with van der Waals surface area (Å²) in [5, 5.41) is 3.96. The maximum atomic E-state index is 6.17. The molecule has 0 fully saturated rings. The van der Waals surface area contributed by atoms with Crippen LogP contribution < -0.4 is 5.32 Å². The molecule has 2 heterocycles. The molecule has 0 bridgehead atoms. The molecule has 104 valence electrons. The fourth-order valence-corrected chi connectivity index (χ4v) is 4.21. The van der Waals surface area contributed by atoms with Crippen LogP contribution in [0.2, 0.25) is 5.02 Å². The second kappa shape index (κ2) is 6.24. The van der Waals surface area contributed by atoms with Gasteiger partial charge in [0.2, 0.25) is 0 Å². The molecule has 3 nitrogen and oxygen atoms in total. The van der Waals surface area contributed by atoms with Crippen molar-refractivity contribution in [1.82, 2.24) is 9.97 Å². The van der Waals surface area contributed by atoms with E-state index in [1.807, 2.05) is 43.1 Å². The van der Waals surface area contributed by atoms with Gasteiger partial charge in [0.1, 0.15) is 11.6 Å². The monoisotopic (exact) mass is 323 g/mol. The fourth-order valence-electron chi connectivity index (χ4n) is 2.08. The van der Waals surface area contributed by atoms with Crippen LogP contribution in [0.15, 0.2) is 29.2 Å². The molecule has 0 saturated carbocycles. The summed E-state index contributed by atoms with van der Waals surface area (Å²) in [6.07, 6.45) is 0.